The third kappa shape index (κ3) is 7.16. The molecule has 0 aromatic carbocycles. The van der Waals surface area contributed by atoms with Gasteiger partial charge in [-0.1, -0.05) is 30.9 Å². The molecule has 0 saturated carbocycles. The summed E-state index contributed by atoms with van der Waals surface area (Å²) >= 11 is 0. The smallest absolute Gasteiger partial charge is 0.410 e. The highest BCUT2D eigenvalue weighted by Crippen LogP contribution is 2.22. The Bertz CT molecular complexity index is 544. The summed E-state index contributed by atoms with van der Waals surface area (Å²) in [4.78, 5) is 28.0. The van der Waals surface area contributed by atoms with Crippen LogP contribution in [0.4, 0.5) is 4.79 Å². The van der Waals surface area contributed by atoms with Gasteiger partial charge in [-0.15, -0.1) is 0 Å². The van der Waals surface area contributed by atoms with Gasteiger partial charge >= 0.3 is 6.09 Å². The molecule has 140 valence electrons. The molecule has 5 nitrogen and oxygen atoms in total. The van der Waals surface area contributed by atoms with Crippen LogP contribution in [0.5, 0.6) is 0 Å². The van der Waals surface area contributed by atoms with Crippen LogP contribution in [0, 0.1) is 0 Å². The molecule has 25 heavy (non-hydrogen) atoms. The van der Waals surface area contributed by atoms with Crippen LogP contribution in [-0.4, -0.2) is 53.1 Å². The minimum atomic E-state index is -0.518. The highest BCUT2D eigenvalue weighted by molar-refractivity contribution is 5.74. The third-order valence-electron chi connectivity index (χ3n) is 3.97. The molecule has 0 unspecified atom stereocenters. The maximum atomic E-state index is 12.4. The molecule has 2 amide bonds. The molecule has 1 fully saturated rings. The first-order valence-corrected chi connectivity index (χ1v) is 8.87. The molecule has 1 saturated heterocycles. The lowest BCUT2D eigenvalue weighted by atomic mass is 10.1. The van der Waals surface area contributed by atoms with Crippen LogP contribution in [0.25, 0.3) is 0 Å². The molecule has 0 N–H and O–H groups in total. The molecule has 0 aliphatic carbocycles. The fraction of sp³-hybridized carbons (Fsp3) is 0.600. The molecule has 1 atom stereocenters. The van der Waals surface area contributed by atoms with Gasteiger partial charge in [-0.2, -0.15) is 0 Å². The maximum absolute atomic E-state index is 12.4. The Morgan fingerprint density at radius 1 is 1.36 bits per heavy atom. The van der Waals surface area contributed by atoms with Crippen LogP contribution < -0.4 is 0 Å². The number of rotatable bonds is 6. The van der Waals surface area contributed by atoms with E-state index in [0.717, 1.165) is 18.4 Å². The lowest BCUT2D eigenvalue weighted by Gasteiger charge is -2.32. The second-order valence-corrected chi connectivity index (χ2v) is 7.35. The average Bonchev–Trinajstić information content (AvgIpc) is 2.93. The summed E-state index contributed by atoms with van der Waals surface area (Å²) in [7, 11) is 0. The SMILES string of the molecule is C=C/C=C(\C=C/C)CN(C[C@@H]1CCCN1C(=O)OC(C)(C)C)C(C)=O. The zero-order chi connectivity index (χ0) is 19.0. The van der Waals surface area contributed by atoms with Gasteiger partial charge in [0.2, 0.25) is 5.91 Å². The van der Waals surface area contributed by atoms with Gasteiger partial charge in [-0.05, 0) is 46.1 Å². The van der Waals surface area contributed by atoms with E-state index < -0.39 is 5.60 Å². The number of hydrogen-bond donors (Lipinski definition) is 0. The Kier molecular flexibility index (Phi) is 7.94. The van der Waals surface area contributed by atoms with Crippen molar-refractivity contribution in [2.75, 3.05) is 19.6 Å². The van der Waals surface area contributed by atoms with Gasteiger partial charge in [0.05, 0.1) is 6.04 Å². The second kappa shape index (κ2) is 9.44. The van der Waals surface area contributed by atoms with Gasteiger partial charge in [0.15, 0.2) is 0 Å². The highest BCUT2D eigenvalue weighted by Gasteiger charge is 2.33. The number of allylic oxidation sites excluding steroid dienone is 3. The lowest BCUT2D eigenvalue weighted by Crippen LogP contribution is -2.46. The normalized spacial score (nSPS) is 18.5. The Balaban J connectivity index is 2.82. The van der Waals surface area contributed by atoms with Crippen LogP contribution in [0.2, 0.25) is 0 Å². The van der Waals surface area contributed by atoms with Gasteiger partial charge in [0.25, 0.3) is 0 Å². The van der Waals surface area contributed by atoms with Crippen molar-refractivity contribution in [2.24, 2.45) is 0 Å². The average molecular weight is 348 g/mol. The zero-order valence-corrected chi connectivity index (χ0v) is 16.2. The Hall–Kier alpha value is -2.04. The second-order valence-electron chi connectivity index (χ2n) is 7.35. The molecule has 1 aliphatic heterocycles. The van der Waals surface area contributed by atoms with Gasteiger partial charge in [0, 0.05) is 26.6 Å². The van der Waals surface area contributed by atoms with E-state index in [1.807, 2.05) is 45.9 Å². The molecule has 0 bridgehead atoms. The topological polar surface area (TPSA) is 49.9 Å². The summed E-state index contributed by atoms with van der Waals surface area (Å²) in [5.41, 5.74) is 0.491. The van der Waals surface area contributed by atoms with E-state index in [1.54, 1.807) is 22.8 Å². The van der Waals surface area contributed by atoms with Gasteiger partial charge in [-0.25, -0.2) is 4.79 Å². The molecular formula is C20H32N2O3. The van der Waals surface area contributed by atoms with E-state index in [1.165, 1.54) is 0 Å². The van der Waals surface area contributed by atoms with E-state index >= 15 is 0 Å². The van der Waals surface area contributed by atoms with Crippen LogP contribution in [0.15, 0.2) is 36.5 Å². The lowest BCUT2D eigenvalue weighted by molar-refractivity contribution is -0.129. The van der Waals surface area contributed by atoms with Crippen molar-refractivity contribution in [3.05, 3.63) is 36.5 Å². The summed E-state index contributed by atoms with van der Waals surface area (Å²) in [6, 6.07) is -0.00524. The molecular weight excluding hydrogens is 316 g/mol. The largest absolute Gasteiger partial charge is 0.444 e. The monoisotopic (exact) mass is 348 g/mol. The summed E-state index contributed by atoms with van der Waals surface area (Å²) < 4.78 is 5.50. The minimum Gasteiger partial charge on any atom is -0.444 e. The third-order valence-corrected chi connectivity index (χ3v) is 3.97. The van der Waals surface area contributed by atoms with E-state index in [-0.39, 0.29) is 18.0 Å². The Morgan fingerprint density at radius 3 is 2.56 bits per heavy atom. The minimum absolute atomic E-state index is 0.00416. The fourth-order valence-corrected chi connectivity index (χ4v) is 2.89. The fourth-order valence-electron chi connectivity index (χ4n) is 2.89. The first-order valence-electron chi connectivity index (χ1n) is 8.87. The number of nitrogens with zero attached hydrogens (tertiary/aromatic N) is 2. The number of ether oxygens (including phenoxy) is 1. The Morgan fingerprint density at radius 2 is 2.04 bits per heavy atom. The quantitative estimate of drug-likeness (QED) is 0.684. The van der Waals surface area contributed by atoms with E-state index in [9.17, 15) is 9.59 Å². The van der Waals surface area contributed by atoms with E-state index in [0.29, 0.717) is 19.6 Å². The molecule has 0 spiro atoms. The first kappa shape index (κ1) is 21.0. The van der Waals surface area contributed by atoms with Crippen LogP contribution in [0.3, 0.4) is 0 Å². The van der Waals surface area contributed by atoms with Crippen molar-refractivity contribution in [3.8, 4) is 0 Å². The maximum Gasteiger partial charge on any atom is 0.410 e. The number of carbonyl (C=O) groups excluding carboxylic acids is 2. The van der Waals surface area contributed by atoms with Crippen LogP contribution in [0.1, 0.15) is 47.5 Å². The summed E-state index contributed by atoms with van der Waals surface area (Å²) in [5.74, 6) is -0.00416. The first-order chi connectivity index (χ1) is 11.7. The van der Waals surface area contributed by atoms with Crippen molar-refractivity contribution < 1.29 is 14.3 Å². The molecule has 0 aromatic heterocycles. The van der Waals surface area contributed by atoms with E-state index in [2.05, 4.69) is 6.58 Å². The van der Waals surface area contributed by atoms with Crippen LogP contribution >= 0.6 is 0 Å². The van der Waals surface area contributed by atoms with Crippen molar-refractivity contribution in [1.29, 1.82) is 0 Å². The zero-order valence-electron chi connectivity index (χ0n) is 16.2. The molecule has 1 rings (SSSR count). The standard InChI is InChI=1S/C20H32N2O3/c1-7-10-17(11-8-2)14-21(16(3)23)15-18-12-9-13-22(18)19(24)25-20(4,5)6/h7-8,10-11,18H,1,9,12-15H2,2-6H3/b11-8-,17-10+/t18-/m0/s1. The van der Waals surface area contributed by atoms with Crippen LogP contribution in [-0.2, 0) is 9.53 Å². The molecule has 1 aliphatic rings. The van der Waals surface area contributed by atoms with Gasteiger partial charge in [-0.3, -0.25) is 4.79 Å². The van der Waals surface area contributed by atoms with Gasteiger partial charge in [0.1, 0.15) is 5.60 Å². The van der Waals surface area contributed by atoms with Crippen molar-refractivity contribution in [3.63, 3.8) is 0 Å². The van der Waals surface area contributed by atoms with Crippen molar-refractivity contribution in [2.45, 2.75) is 59.1 Å². The highest BCUT2D eigenvalue weighted by atomic mass is 16.6. The van der Waals surface area contributed by atoms with E-state index in [4.69, 9.17) is 4.74 Å². The van der Waals surface area contributed by atoms with Crippen molar-refractivity contribution in [1.82, 2.24) is 9.80 Å². The molecule has 0 aromatic rings. The molecule has 1 heterocycles. The predicted molar refractivity (Wildman–Crippen MR) is 101 cm³/mol. The molecule has 0 radical (unpaired) electrons. The molecule has 5 heteroatoms. The van der Waals surface area contributed by atoms with Gasteiger partial charge < -0.3 is 14.5 Å². The number of amides is 2. The van der Waals surface area contributed by atoms with Crippen molar-refractivity contribution >= 4 is 12.0 Å². The summed E-state index contributed by atoms with van der Waals surface area (Å²) in [6.07, 6.45) is 9.04. The number of hydrogen-bond acceptors (Lipinski definition) is 3. The number of likely N-dealkylation sites (tertiary alicyclic amines) is 1. The predicted octanol–water partition coefficient (Wildman–Crippen LogP) is 3.92. The number of carbonyl (C=O) groups is 2. The summed E-state index contributed by atoms with van der Waals surface area (Å²) in [5, 5.41) is 0. The summed E-state index contributed by atoms with van der Waals surface area (Å²) in [6.45, 7) is 14.5. The Labute approximate surface area is 152 Å².